The van der Waals surface area contributed by atoms with E-state index in [1.165, 1.54) is 5.56 Å². The van der Waals surface area contributed by atoms with E-state index < -0.39 is 0 Å². The lowest BCUT2D eigenvalue weighted by Gasteiger charge is -2.30. The number of pyridine rings is 1. The average Bonchev–Trinajstić information content (AvgIpc) is 2.71. The molecular formula is C23H34BrN3O2. The molecule has 0 aliphatic carbocycles. The highest BCUT2D eigenvalue weighted by molar-refractivity contribution is 9.10. The van der Waals surface area contributed by atoms with E-state index in [-0.39, 0.29) is 6.10 Å². The van der Waals surface area contributed by atoms with E-state index in [1.807, 2.05) is 33.0 Å². The number of hydrogen-bond donors (Lipinski definition) is 1. The minimum Gasteiger partial charge on any atom is -0.489 e. The van der Waals surface area contributed by atoms with E-state index in [9.17, 15) is 0 Å². The average molecular weight is 464 g/mol. The van der Waals surface area contributed by atoms with Crippen LogP contribution in [0.2, 0.25) is 0 Å². The standard InChI is InChI=1S/C21H28BrN3O2.C2H6/c1-4-5-16-6-7-20(27-14-17-13-25(3)8-9-26-17)19(11-16)24-21-18(22)10-15(2)12-23-21;1-2/h6-7,10-12,17H,4-5,8-9,13-14H2,1-3H3,(H,23,24);1-2H3. The van der Waals surface area contributed by atoms with Crippen molar-refractivity contribution in [2.24, 2.45) is 0 Å². The number of aromatic nitrogens is 1. The molecular weight excluding hydrogens is 430 g/mol. The van der Waals surface area contributed by atoms with Crippen molar-refractivity contribution >= 4 is 27.4 Å². The lowest BCUT2D eigenvalue weighted by Crippen LogP contribution is -2.42. The van der Waals surface area contributed by atoms with E-state index in [1.54, 1.807) is 0 Å². The Morgan fingerprint density at radius 3 is 2.79 bits per heavy atom. The van der Waals surface area contributed by atoms with Crippen LogP contribution in [0, 0.1) is 6.92 Å². The van der Waals surface area contributed by atoms with Crippen LogP contribution < -0.4 is 10.1 Å². The van der Waals surface area contributed by atoms with Crippen LogP contribution in [0.1, 0.15) is 38.3 Å². The number of morpholine rings is 1. The summed E-state index contributed by atoms with van der Waals surface area (Å²) in [4.78, 5) is 6.78. The van der Waals surface area contributed by atoms with E-state index >= 15 is 0 Å². The fourth-order valence-corrected chi connectivity index (χ4v) is 3.71. The zero-order chi connectivity index (χ0) is 21.2. The molecule has 1 fully saturated rings. The van der Waals surface area contributed by atoms with Crippen LogP contribution in [0.25, 0.3) is 0 Å². The second-order valence-electron chi connectivity index (χ2n) is 7.11. The highest BCUT2D eigenvalue weighted by atomic mass is 79.9. The van der Waals surface area contributed by atoms with Gasteiger partial charge in [0.1, 0.15) is 24.3 Å². The van der Waals surface area contributed by atoms with Crippen molar-refractivity contribution in [1.29, 1.82) is 0 Å². The second kappa shape index (κ2) is 12.2. The van der Waals surface area contributed by atoms with Crippen molar-refractivity contribution in [3.63, 3.8) is 0 Å². The molecule has 0 spiro atoms. The van der Waals surface area contributed by atoms with Gasteiger partial charge in [-0.05, 0) is 65.6 Å². The molecule has 0 radical (unpaired) electrons. The number of anilines is 2. The monoisotopic (exact) mass is 463 g/mol. The lowest BCUT2D eigenvalue weighted by molar-refractivity contribution is -0.0402. The van der Waals surface area contributed by atoms with E-state index in [4.69, 9.17) is 9.47 Å². The van der Waals surface area contributed by atoms with Crippen LogP contribution in [0.5, 0.6) is 5.75 Å². The fourth-order valence-electron chi connectivity index (χ4n) is 3.15. The number of aryl methyl sites for hydroxylation is 2. The van der Waals surface area contributed by atoms with Gasteiger partial charge in [-0.2, -0.15) is 0 Å². The summed E-state index contributed by atoms with van der Waals surface area (Å²) in [5, 5.41) is 3.43. The maximum absolute atomic E-state index is 6.14. The minimum atomic E-state index is 0.0937. The molecule has 2 aromatic rings. The normalized spacial score (nSPS) is 16.7. The molecule has 0 saturated carbocycles. The molecule has 0 bridgehead atoms. The molecule has 29 heavy (non-hydrogen) atoms. The number of nitrogens with zero attached hydrogens (tertiary/aromatic N) is 2. The third-order valence-electron chi connectivity index (χ3n) is 4.58. The number of nitrogens with one attached hydrogen (secondary N) is 1. The maximum atomic E-state index is 6.14. The Bertz CT molecular complexity index is 770. The summed E-state index contributed by atoms with van der Waals surface area (Å²) in [5.41, 5.74) is 3.33. The van der Waals surface area contributed by atoms with Gasteiger partial charge >= 0.3 is 0 Å². The first-order chi connectivity index (χ1) is 14.0. The van der Waals surface area contributed by atoms with Gasteiger partial charge < -0.3 is 19.7 Å². The number of halogens is 1. The van der Waals surface area contributed by atoms with Crippen LogP contribution in [-0.2, 0) is 11.2 Å². The predicted octanol–water partition coefficient (Wildman–Crippen LogP) is 5.58. The Kier molecular flexibility index (Phi) is 9.91. The molecule has 1 aromatic carbocycles. The Morgan fingerprint density at radius 1 is 1.31 bits per heavy atom. The van der Waals surface area contributed by atoms with Gasteiger partial charge in [-0.1, -0.05) is 33.3 Å². The summed E-state index contributed by atoms with van der Waals surface area (Å²) >= 11 is 3.60. The minimum absolute atomic E-state index is 0.0937. The molecule has 1 aliphatic heterocycles. The first kappa shape index (κ1) is 23.6. The van der Waals surface area contributed by atoms with E-state index in [2.05, 4.69) is 63.3 Å². The predicted molar refractivity (Wildman–Crippen MR) is 124 cm³/mol. The maximum Gasteiger partial charge on any atom is 0.144 e. The molecule has 6 heteroatoms. The first-order valence-corrected chi connectivity index (χ1v) is 11.3. The first-order valence-electron chi connectivity index (χ1n) is 10.5. The van der Waals surface area contributed by atoms with Gasteiger partial charge in [-0.25, -0.2) is 4.98 Å². The molecule has 1 aliphatic rings. The van der Waals surface area contributed by atoms with E-state index in [0.29, 0.717) is 6.61 Å². The molecule has 1 N–H and O–H groups in total. The molecule has 3 rings (SSSR count). The zero-order valence-corrected chi connectivity index (χ0v) is 19.9. The number of likely N-dealkylation sites (N-methyl/N-ethyl adjacent to an activating group) is 1. The Balaban J connectivity index is 0.00000145. The number of ether oxygens (including phenoxy) is 2. The van der Waals surface area contributed by atoms with Crippen molar-refractivity contribution in [3.05, 3.63) is 46.1 Å². The summed E-state index contributed by atoms with van der Waals surface area (Å²) in [7, 11) is 2.11. The largest absolute Gasteiger partial charge is 0.489 e. The van der Waals surface area contributed by atoms with Crippen LogP contribution in [0.4, 0.5) is 11.5 Å². The van der Waals surface area contributed by atoms with Gasteiger partial charge in [-0.3, -0.25) is 0 Å². The van der Waals surface area contributed by atoms with Crippen molar-refractivity contribution in [3.8, 4) is 5.75 Å². The molecule has 1 atom stereocenters. The Labute approximate surface area is 183 Å². The number of hydrogen-bond acceptors (Lipinski definition) is 5. The summed E-state index contributed by atoms with van der Waals surface area (Å²) in [5.74, 6) is 1.61. The molecule has 5 nitrogen and oxygen atoms in total. The zero-order valence-electron chi connectivity index (χ0n) is 18.3. The highest BCUT2D eigenvalue weighted by Crippen LogP contribution is 2.32. The third kappa shape index (κ3) is 7.28. The van der Waals surface area contributed by atoms with Crippen molar-refractivity contribution in [1.82, 2.24) is 9.88 Å². The molecule has 160 valence electrons. The SMILES string of the molecule is CC.CCCc1ccc(OCC2CN(C)CCO2)c(Nc2ncc(C)cc2Br)c1. The summed E-state index contributed by atoms with van der Waals surface area (Å²) in [6.45, 7) is 11.4. The van der Waals surface area contributed by atoms with Gasteiger partial charge in [0.05, 0.1) is 16.8 Å². The fraction of sp³-hybridized carbons (Fsp3) is 0.522. The summed E-state index contributed by atoms with van der Waals surface area (Å²) in [6, 6.07) is 8.38. The molecule has 0 amide bonds. The molecule has 2 heterocycles. The van der Waals surface area contributed by atoms with Crippen LogP contribution in [-0.4, -0.2) is 49.3 Å². The van der Waals surface area contributed by atoms with Gasteiger partial charge in [0, 0.05) is 19.3 Å². The van der Waals surface area contributed by atoms with Gasteiger partial charge in [-0.15, -0.1) is 0 Å². The van der Waals surface area contributed by atoms with Crippen molar-refractivity contribution < 1.29 is 9.47 Å². The van der Waals surface area contributed by atoms with E-state index in [0.717, 1.165) is 59.8 Å². The quantitative estimate of drug-likeness (QED) is 0.579. The number of rotatable bonds is 7. The molecule has 1 saturated heterocycles. The Morgan fingerprint density at radius 2 is 2.10 bits per heavy atom. The Hall–Kier alpha value is -1.63. The van der Waals surface area contributed by atoms with Gasteiger partial charge in [0.25, 0.3) is 0 Å². The highest BCUT2D eigenvalue weighted by Gasteiger charge is 2.19. The van der Waals surface area contributed by atoms with Gasteiger partial charge in [0.2, 0.25) is 0 Å². The molecule has 1 unspecified atom stereocenters. The topological polar surface area (TPSA) is 46.6 Å². The molecule has 1 aromatic heterocycles. The van der Waals surface area contributed by atoms with Crippen LogP contribution >= 0.6 is 15.9 Å². The van der Waals surface area contributed by atoms with Gasteiger partial charge in [0.15, 0.2) is 0 Å². The smallest absolute Gasteiger partial charge is 0.144 e. The van der Waals surface area contributed by atoms with Crippen LogP contribution in [0.3, 0.4) is 0 Å². The summed E-state index contributed by atoms with van der Waals surface area (Å²) in [6.07, 6.45) is 4.09. The summed E-state index contributed by atoms with van der Waals surface area (Å²) < 4.78 is 12.9. The van der Waals surface area contributed by atoms with Crippen molar-refractivity contribution in [2.75, 3.05) is 38.7 Å². The second-order valence-corrected chi connectivity index (χ2v) is 7.97. The van der Waals surface area contributed by atoms with Crippen LogP contribution in [0.15, 0.2) is 34.9 Å². The third-order valence-corrected chi connectivity index (χ3v) is 5.18. The lowest BCUT2D eigenvalue weighted by atomic mass is 10.1. The number of benzene rings is 1. The van der Waals surface area contributed by atoms with Crippen molar-refractivity contribution in [2.45, 2.75) is 46.6 Å².